The van der Waals surface area contributed by atoms with E-state index >= 15 is 0 Å². The van der Waals surface area contributed by atoms with Gasteiger partial charge in [0.05, 0.1) is 12.2 Å². The van der Waals surface area contributed by atoms with Crippen LogP contribution in [0.4, 0.5) is 0 Å². The molecule has 0 fully saturated rings. The lowest BCUT2D eigenvalue weighted by Crippen LogP contribution is -2.14. The van der Waals surface area contributed by atoms with Crippen LogP contribution in [0.15, 0.2) is 63.8 Å². The number of aliphatic hydroxyl groups is 2. The van der Waals surface area contributed by atoms with Crippen molar-refractivity contribution in [2.24, 2.45) is 0 Å². The van der Waals surface area contributed by atoms with Gasteiger partial charge in [-0.2, -0.15) is 0 Å². The molecule has 168 valence electrons. The van der Waals surface area contributed by atoms with Crippen LogP contribution in [0.1, 0.15) is 25.0 Å². The highest BCUT2D eigenvalue weighted by molar-refractivity contribution is 5.86. The Morgan fingerprint density at radius 2 is 1.44 bits per heavy atom. The van der Waals surface area contributed by atoms with Crippen LogP contribution in [0, 0.1) is 0 Å². The lowest BCUT2D eigenvalue weighted by molar-refractivity contribution is 0.208. The van der Waals surface area contributed by atoms with E-state index in [0.29, 0.717) is 27.8 Å². The molecule has 0 aliphatic rings. The number of hydrogen-bond donors (Lipinski definition) is 5. The first kappa shape index (κ1) is 23.1. The maximum atomic E-state index is 12.6. The van der Waals surface area contributed by atoms with Gasteiger partial charge >= 0.3 is 0 Å². The van der Waals surface area contributed by atoms with Crippen LogP contribution in [-0.4, -0.2) is 37.7 Å². The van der Waals surface area contributed by atoms with Crippen molar-refractivity contribution in [1.82, 2.24) is 0 Å². The van der Waals surface area contributed by atoms with Gasteiger partial charge in [-0.05, 0) is 37.1 Å². The Balaban J connectivity index is 2.21. The first-order valence-electron chi connectivity index (χ1n) is 9.99. The van der Waals surface area contributed by atoms with Gasteiger partial charge in [0.1, 0.15) is 34.0 Å². The SMILES string of the molecule is C=C(C)C(O)Cc1cc(-c2cc(=O)c3c(O)cc(O)cc3o2)cc(CC(O)C(=C)C)c1O. The van der Waals surface area contributed by atoms with Gasteiger partial charge in [-0.15, -0.1) is 0 Å². The molecule has 32 heavy (non-hydrogen) atoms. The molecule has 5 N–H and O–H groups in total. The van der Waals surface area contributed by atoms with E-state index in [2.05, 4.69) is 13.2 Å². The Bertz CT molecular complexity index is 1230. The molecule has 7 heteroatoms. The Hall–Kier alpha value is -3.55. The molecule has 1 heterocycles. The predicted molar refractivity (Wildman–Crippen MR) is 122 cm³/mol. The second kappa shape index (κ2) is 8.90. The van der Waals surface area contributed by atoms with E-state index in [1.54, 1.807) is 26.0 Å². The number of rotatable bonds is 7. The summed E-state index contributed by atoms with van der Waals surface area (Å²) in [6, 6.07) is 6.62. The normalized spacial score (nSPS) is 13.1. The Morgan fingerprint density at radius 3 is 1.94 bits per heavy atom. The highest BCUT2D eigenvalue weighted by Gasteiger charge is 2.19. The molecule has 2 unspecified atom stereocenters. The Kier molecular flexibility index (Phi) is 6.43. The minimum Gasteiger partial charge on any atom is -0.508 e. The molecule has 0 aliphatic heterocycles. The average molecular weight is 438 g/mol. The molecular weight excluding hydrogens is 412 g/mol. The van der Waals surface area contributed by atoms with Crippen LogP contribution >= 0.6 is 0 Å². The summed E-state index contributed by atoms with van der Waals surface area (Å²) >= 11 is 0. The van der Waals surface area contributed by atoms with Crippen LogP contribution in [0.2, 0.25) is 0 Å². The van der Waals surface area contributed by atoms with Gasteiger partial charge in [0, 0.05) is 36.6 Å². The van der Waals surface area contributed by atoms with Crippen molar-refractivity contribution in [1.29, 1.82) is 0 Å². The molecule has 0 spiro atoms. The number of phenolic OH excluding ortho intramolecular Hbond substituents is 3. The van der Waals surface area contributed by atoms with E-state index in [9.17, 15) is 30.3 Å². The van der Waals surface area contributed by atoms with E-state index in [-0.39, 0.29) is 41.1 Å². The number of hydrogen-bond acceptors (Lipinski definition) is 7. The fourth-order valence-corrected chi connectivity index (χ4v) is 3.37. The average Bonchev–Trinajstić information content (AvgIpc) is 2.69. The largest absolute Gasteiger partial charge is 0.508 e. The van der Waals surface area contributed by atoms with Gasteiger partial charge in [-0.1, -0.05) is 24.3 Å². The molecule has 2 atom stereocenters. The number of phenols is 3. The highest BCUT2D eigenvalue weighted by Crippen LogP contribution is 2.35. The summed E-state index contributed by atoms with van der Waals surface area (Å²) < 4.78 is 5.78. The van der Waals surface area contributed by atoms with Gasteiger partial charge in [0.2, 0.25) is 0 Å². The minimum atomic E-state index is -0.910. The minimum absolute atomic E-state index is 0.00915. The third-order valence-corrected chi connectivity index (χ3v) is 5.31. The van der Waals surface area contributed by atoms with Crippen LogP contribution < -0.4 is 5.43 Å². The maximum Gasteiger partial charge on any atom is 0.197 e. The van der Waals surface area contributed by atoms with Crippen LogP contribution in [-0.2, 0) is 12.8 Å². The number of benzene rings is 2. The van der Waals surface area contributed by atoms with Gasteiger partial charge in [0.15, 0.2) is 5.43 Å². The van der Waals surface area contributed by atoms with Gasteiger partial charge in [-0.3, -0.25) is 4.79 Å². The summed E-state index contributed by atoms with van der Waals surface area (Å²) in [5.41, 5.74) is 1.68. The first-order chi connectivity index (χ1) is 15.0. The summed E-state index contributed by atoms with van der Waals surface area (Å²) in [7, 11) is 0. The van der Waals surface area contributed by atoms with Crippen molar-refractivity contribution < 1.29 is 29.9 Å². The van der Waals surface area contributed by atoms with E-state index < -0.39 is 23.4 Å². The summed E-state index contributed by atoms with van der Waals surface area (Å²) in [5, 5.41) is 51.0. The number of aliphatic hydroxyl groups excluding tert-OH is 2. The lowest BCUT2D eigenvalue weighted by atomic mass is 9.93. The standard InChI is InChI=1S/C25H26O7/c1-12(2)18(27)7-15-5-14(6-16(25(15)31)8-19(28)13(3)4)22-11-21(30)24-20(29)9-17(26)10-23(24)32-22/h5-6,9-11,18-19,26-29,31H,1,3,7-8H2,2,4H3. The molecule has 1 aromatic heterocycles. The predicted octanol–water partition coefficient (Wildman–Crippen LogP) is 3.54. The third-order valence-electron chi connectivity index (χ3n) is 5.31. The molecule has 0 radical (unpaired) electrons. The molecule has 2 aromatic carbocycles. The maximum absolute atomic E-state index is 12.6. The van der Waals surface area contributed by atoms with E-state index in [1.165, 1.54) is 12.1 Å². The summed E-state index contributed by atoms with van der Waals surface area (Å²) in [6.45, 7) is 10.8. The Morgan fingerprint density at radius 1 is 0.906 bits per heavy atom. The fourth-order valence-electron chi connectivity index (χ4n) is 3.37. The quantitative estimate of drug-likeness (QED) is 0.357. The second-order valence-electron chi connectivity index (χ2n) is 8.09. The molecule has 7 nitrogen and oxygen atoms in total. The molecule has 3 rings (SSSR count). The molecule has 3 aromatic rings. The summed E-state index contributed by atoms with van der Waals surface area (Å²) in [4.78, 5) is 12.6. The second-order valence-corrected chi connectivity index (χ2v) is 8.09. The highest BCUT2D eigenvalue weighted by atomic mass is 16.3. The van der Waals surface area contributed by atoms with Crippen LogP contribution in [0.25, 0.3) is 22.3 Å². The molecule has 0 saturated heterocycles. The van der Waals surface area contributed by atoms with Gasteiger partial charge < -0.3 is 29.9 Å². The lowest BCUT2D eigenvalue weighted by Gasteiger charge is -2.18. The zero-order chi connectivity index (χ0) is 23.7. The van der Waals surface area contributed by atoms with Crippen molar-refractivity contribution in [2.75, 3.05) is 0 Å². The summed E-state index contributed by atoms with van der Waals surface area (Å²) in [6.07, 6.45) is -1.70. The molecule has 0 amide bonds. The molecule has 0 saturated carbocycles. The van der Waals surface area contributed by atoms with E-state index in [1.807, 2.05) is 0 Å². The fraction of sp³-hybridized carbons (Fsp3) is 0.240. The molecular formula is C25H26O7. The van der Waals surface area contributed by atoms with Crippen LogP contribution in [0.3, 0.4) is 0 Å². The zero-order valence-corrected chi connectivity index (χ0v) is 17.9. The molecule has 0 aliphatic carbocycles. The monoisotopic (exact) mass is 438 g/mol. The zero-order valence-electron chi connectivity index (χ0n) is 17.9. The summed E-state index contributed by atoms with van der Waals surface area (Å²) in [5.74, 6) is -0.629. The van der Waals surface area contributed by atoms with Gasteiger partial charge in [0.25, 0.3) is 0 Å². The Labute approximate surface area is 184 Å². The number of aromatic hydroxyl groups is 3. The first-order valence-corrected chi connectivity index (χ1v) is 9.99. The van der Waals surface area contributed by atoms with Crippen molar-refractivity contribution in [3.63, 3.8) is 0 Å². The smallest absolute Gasteiger partial charge is 0.197 e. The molecule has 0 bridgehead atoms. The third kappa shape index (κ3) is 4.69. The van der Waals surface area contributed by atoms with Crippen molar-refractivity contribution in [2.45, 2.75) is 38.9 Å². The van der Waals surface area contributed by atoms with Crippen molar-refractivity contribution >= 4 is 11.0 Å². The van der Waals surface area contributed by atoms with Crippen molar-refractivity contribution in [3.8, 4) is 28.6 Å². The van der Waals surface area contributed by atoms with Crippen LogP contribution in [0.5, 0.6) is 17.2 Å². The van der Waals surface area contributed by atoms with E-state index in [4.69, 9.17) is 4.42 Å². The topological polar surface area (TPSA) is 131 Å². The number of fused-ring (bicyclic) bond motifs is 1. The van der Waals surface area contributed by atoms with E-state index in [0.717, 1.165) is 6.07 Å². The van der Waals surface area contributed by atoms with Gasteiger partial charge in [-0.25, -0.2) is 0 Å². The van der Waals surface area contributed by atoms with Crippen molar-refractivity contribution in [3.05, 3.63) is 76.0 Å².